The van der Waals surface area contributed by atoms with Gasteiger partial charge in [0, 0.05) is 23.5 Å². The van der Waals surface area contributed by atoms with Crippen LogP contribution in [0, 0.1) is 0 Å². The Labute approximate surface area is 127 Å². The van der Waals surface area contributed by atoms with Crippen LogP contribution < -0.4 is 11.5 Å². The van der Waals surface area contributed by atoms with E-state index in [1.807, 2.05) is 48.6 Å². The number of nitrogen functional groups attached to an aromatic ring is 2. The number of imidazole rings is 1. The lowest BCUT2D eigenvalue weighted by Gasteiger charge is -1.96. The maximum absolute atomic E-state index is 5.78. The lowest BCUT2D eigenvalue weighted by molar-refractivity contribution is 1.29. The molecule has 0 amide bonds. The summed E-state index contributed by atoms with van der Waals surface area (Å²) < 4.78 is 0. The van der Waals surface area contributed by atoms with Gasteiger partial charge in [0.25, 0.3) is 0 Å². The van der Waals surface area contributed by atoms with E-state index in [1.165, 1.54) is 5.56 Å². The lowest BCUT2D eigenvalue weighted by Crippen LogP contribution is -1.92. The molecule has 3 aromatic rings. The first-order valence-corrected chi connectivity index (χ1v) is 7.07. The molecule has 0 saturated heterocycles. The predicted molar refractivity (Wildman–Crippen MR) is 91.2 cm³/mol. The maximum Gasteiger partial charge on any atom is 0.131 e. The molecule has 1 aliphatic heterocycles. The van der Waals surface area contributed by atoms with Crippen molar-refractivity contribution in [1.82, 2.24) is 9.97 Å². The van der Waals surface area contributed by atoms with Crippen LogP contribution in [0.1, 0.15) is 11.4 Å². The van der Waals surface area contributed by atoms with Crippen molar-refractivity contribution in [3.63, 3.8) is 0 Å². The summed E-state index contributed by atoms with van der Waals surface area (Å²) in [7, 11) is 0. The number of aromatic nitrogens is 2. The van der Waals surface area contributed by atoms with E-state index >= 15 is 0 Å². The van der Waals surface area contributed by atoms with E-state index in [-0.39, 0.29) is 0 Å². The largest absolute Gasteiger partial charge is 0.399 e. The van der Waals surface area contributed by atoms with Gasteiger partial charge in [-0.25, -0.2) is 4.98 Å². The van der Waals surface area contributed by atoms with Crippen molar-refractivity contribution in [3.8, 4) is 0 Å². The number of nitrogens with one attached hydrogen (secondary N) is 1. The molecule has 4 rings (SSSR count). The Kier molecular flexibility index (Phi) is 2.72. The average Bonchev–Trinajstić information content (AvgIpc) is 3.07. The number of nitrogens with zero attached hydrogens (tertiary/aromatic N) is 2. The lowest BCUT2D eigenvalue weighted by atomic mass is 10.1. The average molecular weight is 289 g/mol. The Balaban J connectivity index is 1.60. The first-order valence-electron chi connectivity index (χ1n) is 7.07. The number of rotatable bonds is 2. The molecule has 0 atom stereocenters. The summed E-state index contributed by atoms with van der Waals surface area (Å²) in [6, 6.07) is 11.5. The number of H-pyrrole nitrogens is 1. The number of fused-ring (bicyclic) bond motifs is 2. The number of hydrogen-bond donors (Lipinski definition) is 3. The Morgan fingerprint density at radius 1 is 1.00 bits per heavy atom. The minimum absolute atomic E-state index is 0.722. The van der Waals surface area contributed by atoms with Crippen LogP contribution in [-0.2, 0) is 6.42 Å². The molecule has 5 nitrogen and oxygen atoms in total. The van der Waals surface area contributed by atoms with Crippen LogP contribution in [0.5, 0.6) is 0 Å². The van der Waals surface area contributed by atoms with Crippen molar-refractivity contribution in [2.45, 2.75) is 6.42 Å². The molecule has 0 radical (unpaired) electrons. The third kappa shape index (κ3) is 2.22. The molecule has 0 unspecified atom stereocenters. The minimum Gasteiger partial charge on any atom is -0.399 e. The van der Waals surface area contributed by atoms with E-state index in [4.69, 9.17) is 11.5 Å². The molecule has 2 heterocycles. The molecule has 1 aliphatic rings. The van der Waals surface area contributed by atoms with Gasteiger partial charge >= 0.3 is 0 Å². The van der Waals surface area contributed by atoms with E-state index in [9.17, 15) is 0 Å². The normalized spacial score (nSPS) is 13.7. The number of benzene rings is 2. The van der Waals surface area contributed by atoms with Gasteiger partial charge < -0.3 is 16.5 Å². The molecule has 108 valence electrons. The molecule has 5 N–H and O–H groups in total. The first kappa shape index (κ1) is 12.6. The SMILES string of the molecule is Nc1ccc2c(c1)N=C(/C=C/c1nc3ccc(N)cc3[nH]1)C2. The molecular formula is C17H15N5. The highest BCUT2D eigenvalue weighted by Crippen LogP contribution is 2.29. The highest BCUT2D eigenvalue weighted by atomic mass is 14.9. The Bertz CT molecular complexity index is 933. The molecule has 0 aliphatic carbocycles. The fourth-order valence-corrected chi connectivity index (χ4v) is 2.62. The van der Waals surface area contributed by atoms with Crippen LogP contribution in [0.25, 0.3) is 17.1 Å². The first-order chi connectivity index (χ1) is 10.7. The zero-order valence-corrected chi connectivity index (χ0v) is 11.9. The maximum atomic E-state index is 5.78. The van der Waals surface area contributed by atoms with Gasteiger partial charge in [-0.15, -0.1) is 0 Å². The molecule has 1 aromatic heterocycles. The van der Waals surface area contributed by atoms with Gasteiger partial charge in [0.15, 0.2) is 0 Å². The molecule has 0 fully saturated rings. The summed E-state index contributed by atoms with van der Waals surface area (Å²) in [5.74, 6) is 0.791. The minimum atomic E-state index is 0.722. The number of nitrogens with two attached hydrogens (primary N) is 2. The van der Waals surface area contributed by atoms with Crippen molar-refractivity contribution < 1.29 is 0 Å². The van der Waals surface area contributed by atoms with Gasteiger partial charge in [-0.1, -0.05) is 6.07 Å². The third-order valence-electron chi connectivity index (χ3n) is 3.70. The van der Waals surface area contributed by atoms with Crippen molar-refractivity contribution >= 4 is 39.9 Å². The molecule has 0 bridgehead atoms. The Hall–Kier alpha value is -3.08. The zero-order valence-electron chi connectivity index (χ0n) is 11.9. The summed E-state index contributed by atoms with van der Waals surface area (Å²) in [6.45, 7) is 0. The third-order valence-corrected chi connectivity index (χ3v) is 3.70. The fraction of sp³-hybridized carbons (Fsp3) is 0.0588. The number of aliphatic imine (C=N–C) groups is 1. The smallest absolute Gasteiger partial charge is 0.131 e. The predicted octanol–water partition coefficient (Wildman–Crippen LogP) is 3.07. The van der Waals surface area contributed by atoms with Crippen LogP contribution in [0.4, 0.5) is 17.1 Å². The number of anilines is 2. The molecule has 0 saturated carbocycles. The molecule has 0 spiro atoms. The number of allylic oxidation sites excluding steroid dienone is 1. The van der Waals surface area contributed by atoms with Gasteiger partial charge in [0.2, 0.25) is 0 Å². The standard InChI is InChI=1S/C17H15N5/c18-11-2-1-10-7-13(20-15(10)8-11)4-6-17-21-14-5-3-12(19)9-16(14)22-17/h1-6,8-9H,7,18-19H2,(H,21,22)/b6-4+. The summed E-state index contributed by atoms with van der Waals surface area (Å²) in [6.07, 6.45) is 4.74. The van der Waals surface area contributed by atoms with E-state index in [2.05, 4.69) is 15.0 Å². The molecule has 22 heavy (non-hydrogen) atoms. The summed E-state index contributed by atoms with van der Waals surface area (Å²) in [4.78, 5) is 12.3. The van der Waals surface area contributed by atoms with Crippen molar-refractivity contribution in [3.05, 3.63) is 53.9 Å². The summed E-state index contributed by atoms with van der Waals surface area (Å²) >= 11 is 0. The zero-order chi connectivity index (χ0) is 15.1. The fourth-order valence-electron chi connectivity index (χ4n) is 2.62. The van der Waals surface area contributed by atoms with E-state index < -0.39 is 0 Å². The second-order valence-corrected chi connectivity index (χ2v) is 5.40. The Morgan fingerprint density at radius 3 is 2.73 bits per heavy atom. The number of hydrogen-bond acceptors (Lipinski definition) is 4. The highest BCUT2D eigenvalue weighted by molar-refractivity contribution is 6.04. The molecular weight excluding hydrogens is 274 g/mol. The van der Waals surface area contributed by atoms with Crippen molar-refractivity contribution in [1.29, 1.82) is 0 Å². The highest BCUT2D eigenvalue weighted by Gasteiger charge is 2.12. The number of aromatic amines is 1. The van der Waals surface area contributed by atoms with Gasteiger partial charge in [0.05, 0.1) is 16.7 Å². The summed E-state index contributed by atoms with van der Waals surface area (Å²) in [5.41, 5.74) is 18.0. The van der Waals surface area contributed by atoms with E-state index in [0.29, 0.717) is 0 Å². The molecule has 2 aromatic carbocycles. The second-order valence-electron chi connectivity index (χ2n) is 5.40. The summed E-state index contributed by atoms with van der Waals surface area (Å²) in [5, 5.41) is 0. The van der Waals surface area contributed by atoms with Gasteiger partial charge in [-0.05, 0) is 48.0 Å². The van der Waals surface area contributed by atoms with E-state index in [0.717, 1.165) is 46.1 Å². The van der Waals surface area contributed by atoms with Crippen molar-refractivity contribution in [2.24, 2.45) is 4.99 Å². The van der Waals surface area contributed by atoms with Crippen molar-refractivity contribution in [2.75, 3.05) is 11.5 Å². The van der Waals surface area contributed by atoms with Crippen LogP contribution in [0.2, 0.25) is 0 Å². The van der Waals surface area contributed by atoms with Crippen LogP contribution in [-0.4, -0.2) is 15.7 Å². The van der Waals surface area contributed by atoms with Crippen LogP contribution in [0.3, 0.4) is 0 Å². The van der Waals surface area contributed by atoms with Gasteiger partial charge in [-0.3, -0.25) is 4.99 Å². The van der Waals surface area contributed by atoms with E-state index in [1.54, 1.807) is 0 Å². The molecule has 5 heteroatoms. The Morgan fingerprint density at radius 2 is 1.82 bits per heavy atom. The van der Waals surface area contributed by atoms with Crippen LogP contribution >= 0.6 is 0 Å². The van der Waals surface area contributed by atoms with Crippen LogP contribution in [0.15, 0.2) is 47.5 Å². The monoisotopic (exact) mass is 289 g/mol. The van der Waals surface area contributed by atoms with Gasteiger partial charge in [-0.2, -0.15) is 0 Å². The topological polar surface area (TPSA) is 93.1 Å². The van der Waals surface area contributed by atoms with Gasteiger partial charge in [0.1, 0.15) is 5.82 Å². The second kappa shape index (κ2) is 4.73. The quantitative estimate of drug-likeness (QED) is 0.633.